The molecule has 0 radical (unpaired) electrons. The molecule has 0 spiro atoms. The molecule has 4 heteroatoms. The number of rotatable bonds is 3. The Morgan fingerprint density at radius 3 is 2.29 bits per heavy atom. The molecule has 0 aromatic heterocycles. The lowest BCUT2D eigenvalue weighted by atomic mass is 10.1. The standard InChI is InChI=1S/C10H12Br2N2/c1-14(2)13-10(7-11)8-3-5-9(12)6-4-8/h3-6H,7H2,1-2H3/b13-10+. The fraction of sp³-hybridized carbons (Fsp3) is 0.300. The maximum Gasteiger partial charge on any atom is 0.0782 e. The van der Waals surface area contributed by atoms with Crippen LogP contribution < -0.4 is 0 Å². The summed E-state index contributed by atoms with van der Waals surface area (Å²) in [5.41, 5.74) is 2.17. The zero-order valence-electron chi connectivity index (χ0n) is 8.17. The van der Waals surface area contributed by atoms with Crippen molar-refractivity contribution in [2.75, 3.05) is 19.4 Å². The third-order valence-corrected chi connectivity index (χ3v) is 2.68. The summed E-state index contributed by atoms with van der Waals surface area (Å²) in [4.78, 5) is 0. The summed E-state index contributed by atoms with van der Waals surface area (Å²) in [7, 11) is 3.84. The van der Waals surface area contributed by atoms with E-state index >= 15 is 0 Å². The summed E-state index contributed by atoms with van der Waals surface area (Å²) < 4.78 is 1.08. The second kappa shape index (κ2) is 5.51. The molecule has 0 unspecified atom stereocenters. The molecule has 0 aliphatic heterocycles. The van der Waals surface area contributed by atoms with Crippen molar-refractivity contribution in [1.82, 2.24) is 5.01 Å². The first-order chi connectivity index (χ1) is 6.63. The molecule has 2 nitrogen and oxygen atoms in total. The summed E-state index contributed by atoms with van der Waals surface area (Å²) >= 11 is 6.84. The molecule has 0 heterocycles. The van der Waals surface area contributed by atoms with Crippen molar-refractivity contribution in [3.8, 4) is 0 Å². The van der Waals surface area contributed by atoms with E-state index in [2.05, 4.69) is 37.0 Å². The second-order valence-electron chi connectivity index (χ2n) is 3.03. The Morgan fingerprint density at radius 2 is 1.86 bits per heavy atom. The number of hydrogen-bond acceptors (Lipinski definition) is 2. The molecule has 0 N–H and O–H groups in total. The predicted octanol–water partition coefficient (Wildman–Crippen LogP) is 3.11. The van der Waals surface area contributed by atoms with Gasteiger partial charge in [0.05, 0.1) is 5.71 Å². The van der Waals surface area contributed by atoms with Crippen LogP contribution in [0.5, 0.6) is 0 Å². The molecule has 1 aromatic rings. The Kier molecular flexibility index (Phi) is 4.62. The van der Waals surface area contributed by atoms with Crippen molar-refractivity contribution in [2.45, 2.75) is 0 Å². The third kappa shape index (κ3) is 3.42. The topological polar surface area (TPSA) is 15.6 Å². The highest BCUT2D eigenvalue weighted by Gasteiger charge is 2.01. The van der Waals surface area contributed by atoms with Gasteiger partial charge in [-0.05, 0) is 17.7 Å². The van der Waals surface area contributed by atoms with Crippen molar-refractivity contribution in [3.05, 3.63) is 34.3 Å². The normalized spacial score (nSPS) is 11.6. The first-order valence-corrected chi connectivity index (χ1v) is 6.11. The lowest BCUT2D eigenvalue weighted by Gasteiger charge is -2.08. The molecule has 0 saturated heterocycles. The van der Waals surface area contributed by atoms with Gasteiger partial charge in [-0.2, -0.15) is 5.10 Å². The fourth-order valence-corrected chi connectivity index (χ4v) is 1.75. The summed E-state index contributed by atoms with van der Waals surface area (Å²) in [6.07, 6.45) is 0. The highest BCUT2D eigenvalue weighted by atomic mass is 79.9. The van der Waals surface area contributed by atoms with Crippen LogP contribution in [0.4, 0.5) is 0 Å². The Balaban J connectivity index is 2.95. The molecule has 0 aliphatic rings. The molecule has 76 valence electrons. The van der Waals surface area contributed by atoms with E-state index in [1.54, 1.807) is 5.01 Å². The van der Waals surface area contributed by atoms with Crippen LogP contribution in [0, 0.1) is 0 Å². The van der Waals surface area contributed by atoms with Crippen LogP contribution in [-0.4, -0.2) is 30.1 Å². The van der Waals surface area contributed by atoms with Crippen LogP contribution >= 0.6 is 31.9 Å². The SMILES string of the molecule is CN(C)/N=C(\CBr)c1ccc(Br)cc1. The van der Waals surface area contributed by atoms with Crippen LogP contribution in [0.3, 0.4) is 0 Å². The summed E-state index contributed by atoms with van der Waals surface area (Å²) in [6, 6.07) is 8.13. The van der Waals surface area contributed by atoms with Gasteiger partial charge in [0.1, 0.15) is 0 Å². The van der Waals surface area contributed by atoms with Crippen molar-refractivity contribution >= 4 is 37.6 Å². The maximum atomic E-state index is 4.38. The lowest BCUT2D eigenvalue weighted by Crippen LogP contribution is -2.11. The van der Waals surface area contributed by atoms with E-state index in [-0.39, 0.29) is 0 Å². The first-order valence-electron chi connectivity index (χ1n) is 4.20. The van der Waals surface area contributed by atoms with E-state index in [0.29, 0.717) is 0 Å². The van der Waals surface area contributed by atoms with Gasteiger partial charge in [0.15, 0.2) is 0 Å². The third-order valence-electron chi connectivity index (χ3n) is 1.62. The zero-order valence-corrected chi connectivity index (χ0v) is 11.3. The van der Waals surface area contributed by atoms with Crippen molar-refractivity contribution in [2.24, 2.45) is 5.10 Å². The number of hydrazone groups is 1. The second-order valence-corrected chi connectivity index (χ2v) is 4.51. The van der Waals surface area contributed by atoms with Crippen LogP contribution in [0.15, 0.2) is 33.8 Å². The van der Waals surface area contributed by atoms with E-state index in [0.717, 1.165) is 21.1 Å². The number of hydrogen-bond donors (Lipinski definition) is 0. The average Bonchev–Trinajstić information content (AvgIpc) is 2.15. The van der Waals surface area contributed by atoms with E-state index in [9.17, 15) is 0 Å². The highest BCUT2D eigenvalue weighted by Crippen LogP contribution is 2.12. The van der Waals surface area contributed by atoms with Crippen LogP contribution in [0.1, 0.15) is 5.56 Å². The molecule has 0 amide bonds. The fourth-order valence-electron chi connectivity index (χ4n) is 1.05. The summed E-state index contributed by atoms with van der Waals surface area (Å²) in [6.45, 7) is 0. The van der Waals surface area contributed by atoms with E-state index in [1.807, 2.05) is 38.4 Å². The van der Waals surface area contributed by atoms with Gasteiger partial charge in [-0.3, -0.25) is 0 Å². The van der Waals surface area contributed by atoms with Gasteiger partial charge >= 0.3 is 0 Å². The molecule has 14 heavy (non-hydrogen) atoms. The molecule has 0 atom stereocenters. The minimum atomic E-state index is 0.757. The van der Waals surface area contributed by atoms with Gasteiger partial charge < -0.3 is 5.01 Å². The van der Waals surface area contributed by atoms with Gasteiger partial charge in [0.25, 0.3) is 0 Å². The Bertz CT molecular complexity index is 317. The molecule has 0 saturated carbocycles. The van der Waals surface area contributed by atoms with Crippen molar-refractivity contribution in [1.29, 1.82) is 0 Å². The zero-order chi connectivity index (χ0) is 10.6. The number of halogens is 2. The average molecular weight is 320 g/mol. The Morgan fingerprint density at radius 1 is 1.29 bits per heavy atom. The summed E-state index contributed by atoms with van der Waals surface area (Å²) in [5, 5.41) is 6.94. The molecule has 0 fully saturated rings. The maximum absolute atomic E-state index is 4.38. The Hall–Kier alpha value is -0.350. The molecule has 0 bridgehead atoms. The number of alkyl halides is 1. The van der Waals surface area contributed by atoms with Gasteiger partial charge in [-0.1, -0.05) is 44.0 Å². The van der Waals surface area contributed by atoms with Gasteiger partial charge in [0, 0.05) is 23.9 Å². The number of benzene rings is 1. The molecule has 1 aromatic carbocycles. The van der Waals surface area contributed by atoms with Crippen molar-refractivity contribution < 1.29 is 0 Å². The van der Waals surface area contributed by atoms with Gasteiger partial charge in [0.2, 0.25) is 0 Å². The Labute approximate surface area is 101 Å². The van der Waals surface area contributed by atoms with Crippen LogP contribution in [0.25, 0.3) is 0 Å². The molecular weight excluding hydrogens is 308 g/mol. The minimum Gasteiger partial charge on any atom is -0.303 e. The smallest absolute Gasteiger partial charge is 0.0782 e. The van der Waals surface area contributed by atoms with Gasteiger partial charge in [-0.15, -0.1) is 0 Å². The highest BCUT2D eigenvalue weighted by molar-refractivity contribution is 9.10. The molecule has 1 rings (SSSR count). The van der Waals surface area contributed by atoms with Crippen LogP contribution in [-0.2, 0) is 0 Å². The largest absolute Gasteiger partial charge is 0.303 e. The first kappa shape index (κ1) is 11.7. The van der Waals surface area contributed by atoms with E-state index in [4.69, 9.17) is 0 Å². The predicted molar refractivity (Wildman–Crippen MR) is 68.2 cm³/mol. The monoisotopic (exact) mass is 318 g/mol. The number of nitrogens with zero attached hydrogens (tertiary/aromatic N) is 2. The molecular formula is C10H12Br2N2. The lowest BCUT2D eigenvalue weighted by molar-refractivity contribution is 0.438. The van der Waals surface area contributed by atoms with E-state index in [1.165, 1.54) is 0 Å². The van der Waals surface area contributed by atoms with Crippen LogP contribution in [0.2, 0.25) is 0 Å². The quantitative estimate of drug-likeness (QED) is 0.475. The van der Waals surface area contributed by atoms with E-state index < -0.39 is 0 Å². The minimum absolute atomic E-state index is 0.757. The molecule has 0 aliphatic carbocycles. The van der Waals surface area contributed by atoms with Gasteiger partial charge in [-0.25, -0.2) is 0 Å². The van der Waals surface area contributed by atoms with Crippen molar-refractivity contribution in [3.63, 3.8) is 0 Å². The summed E-state index contributed by atoms with van der Waals surface area (Å²) in [5.74, 6) is 0.